The van der Waals surface area contributed by atoms with Crippen LogP contribution in [0.5, 0.6) is 0 Å². The molecule has 0 aliphatic heterocycles. The van der Waals surface area contributed by atoms with Gasteiger partial charge in [0.25, 0.3) is 0 Å². The van der Waals surface area contributed by atoms with Crippen molar-refractivity contribution >= 4 is 22.7 Å². The third kappa shape index (κ3) is 2.59. The zero-order chi connectivity index (χ0) is 6.57. The van der Waals surface area contributed by atoms with Gasteiger partial charge in [0.2, 0.25) is 0 Å². The van der Waals surface area contributed by atoms with Crippen LogP contribution in [0.3, 0.4) is 0 Å². The highest BCUT2D eigenvalue weighted by Crippen LogP contribution is 1.96. The predicted octanol–water partition coefficient (Wildman–Crippen LogP) is 0.442. The standard InChI is InChI=1S/C3H6ClFO2S/c4-1-3(2-5)8(6)7/h3H,1-2H2,(H,6,7)/p-1. The first-order valence-corrected chi connectivity index (χ1v) is 3.59. The van der Waals surface area contributed by atoms with E-state index in [0.29, 0.717) is 0 Å². The quantitative estimate of drug-likeness (QED) is 0.443. The molecule has 0 bridgehead atoms. The van der Waals surface area contributed by atoms with Gasteiger partial charge in [0.05, 0.1) is 5.25 Å². The van der Waals surface area contributed by atoms with E-state index in [-0.39, 0.29) is 5.88 Å². The predicted molar refractivity (Wildman–Crippen MR) is 29.4 cm³/mol. The molecule has 2 nitrogen and oxygen atoms in total. The number of rotatable bonds is 3. The summed E-state index contributed by atoms with van der Waals surface area (Å²) < 4.78 is 31.1. The van der Waals surface area contributed by atoms with Crippen LogP contribution in [-0.4, -0.2) is 26.6 Å². The Morgan fingerprint density at radius 3 is 2.38 bits per heavy atom. The van der Waals surface area contributed by atoms with E-state index in [9.17, 15) is 13.2 Å². The van der Waals surface area contributed by atoms with Gasteiger partial charge < -0.3 is 4.55 Å². The van der Waals surface area contributed by atoms with Crippen molar-refractivity contribution in [3.63, 3.8) is 0 Å². The molecule has 0 aromatic rings. The van der Waals surface area contributed by atoms with Crippen LogP contribution in [0.15, 0.2) is 0 Å². The number of halogens is 2. The highest BCUT2D eigenvalue weighted by molar-refractivity contribution is 7.79. The molecule has 0 saturated carbocycles. The second-order valence-corrected chi connectivity index (χ2v) is 2.69. The highest BCUT2D eigenvalue weighted by atomic mass is 35.5. The zero-order valence-corrected chi connectivity index (χ0v) is 5.54. The molecule has 0 heterocycles. The average molecular weight is 160 g/mol. The molecule has 0 aliphatic rings. The molecule has 0 spiro atoms. The molecular weight excluding hydrogens is 155 g/mol. The highest BCUT2D eigenvalue weighted by Gasteiger charge is 2.04. The summed E-state index contributed by atoms with van der Waals surface area (Å²) in [6.45, 7) is -0.903. The Morgan fingerprint density at radius 2 is 2.38 bits per heavy atom. The topological polar surface area (TPSA) is 40.1 Å². The molecule has 5 heteroatoms. The summed E-state index contributed by atoms with van der Waals surface area (Å²) in [5, 5.41) is -1.03. The monoisotopic (exact) mass is 159 g/mol. The van der Waals surface area contributed by atoms with Crippen LogP contribution < -0.4 is 0 Å². The van der Waals surface area contributed by atoms with E-state index in [4.69, 9.17) is 11.6 Å². The maximum absolute atomic E-state index is 11.4. The van der Waals surface area contributed by atoms with Gasteiger partial charge in [-0.15, -0.1) is 11.6 Å². The molecule has 0 saturated heterocycles. The van der Waals surface area contributed by atoms with E-state index in [2.05, 4.69) is 0 Å². The minimum atomic E-state index is -2.36. The van der Waals surface area contributed by atoms with Crippen molar-refractivity contribution in [2.45, 2.75) is 5.25 Å². The largest absolute Gasteiger partial charge is 0.772 e. The Kier molecular flexibility index (Phi) is 4.41. The summed E-state index contributed by atoms with van der Waals surface area (Å²) in [6, 6.07) is 0. The van der Waals surface area contributed by atoms with Gasteiger partial charge in [-0.1, -0.05) is 0 Å². The zero-order valence-electron chi connectivity index (χ0n) is 3.97. The van der Waals surface area contributed by atoms with Gasteiger partial charge >= 0.3 is 0 Å². The van der Waals surface area contributed by atoms with Crippen LogP contribution in [0.2, 0.25) is 0 Å². The van der Waals surface area contributed by atoms with Gasteiger partial charge in [-0.25, -0.2) is 4.39 Å². The van der Waals surface area contributed by atoms with Crippen molar-refractivity contribution in [1.82, 2.24) is 0 Å². The Balaban J connectivity index is 3.52. The normalized spacial score (nSPS) is 17.9. The van der Waals surface area contributed by atoms with Gasteiger partial charge in [0.15, 0.2) is 0 Å². The average Bonchev–Trinajstić information content (AvgIpc) is 1.69. The van der Waals surface area contributed by atoms with Gasteiger partial charge in [-0.2, -0.15) is 0 Å². The van der Waals surface area contributed by atoms with Gasteiger partial charge in [0, 0.05) is 5.88 Å². The molecule has 0 fully saturated rings. The fraction of sp³-hybridized carbons (Fsp3) is 1.00. The van der Waals surface area contributed by atoms with Crippen molar-refractivity contribution < 1.29 is 13.2 Å². The first-order valence-electron chi connectivity index (χ1n) is 1.92. The molecule has 0 amide bonds. The SMILES string of the molecule is O=S([O-])C(CF)CCl. The lowest BCUT2D eigenvalue weighted by Gasteiger charge is -2.11. The van der Waals surface area contributed by atoms with E-state index in [0.717, 1.165) is 0 Å². The van der Waals surface area contributed by atoms with Crippen molar-refractivity contribution in [2.75, 3.05) is 12.6 Å². The van der Waals surface area contributed by atoms with E-state index in [1.165, 1.54) is 0 Å². The number of hydrogen-bond donors (Lipinski definition) is 0. The minimum Gasteiger partial charge on any atom is -0.772 e. The van der Waals surface area contributed by atoms with Crippen molar-refractivity contribution in [2.24, 2.45) is 0 Å². The summed E-state index contributed by atoms with van der Waals surface area (Å²) in [4.78, 5) is 0. The molecule has 8 heavy (non-hydrogen) atoms. The number of alkyl halides is 2. The molecule has 0 aromatic carbocycles. The molecule has 0 rings (SSSR count). The molecular formula is C3H5ClFO2S-. The van der Waals surface area contributed by atoms with Crippen molar-refractivity contribution in [1.29, 1.82) is 0 Å². The fourth-order valence-electron chi connectivity index (χ4n) is 0.144. The molecule has 0 aromatic heterocycles. The van der Waals surface area contributed by atoms with Gasteiger partial charge in [-0.3, -0.25) is 4.21 Å². The lowest BCUT2D eigenvalue weighted by Crippen LogP contribution is -2.18. The molecule has 0 radical (unpaired) electrons. The number of hydrogen-bond acceptors (Lipinski definition) is 2. The molecule has 2 unspecified atom stereocenters. The molecule has 0 aliphatic carbocycles. The third-order valence-electron chi connectivity index (χ3n) is 0.616. The fourth-order valence-corrected chi connectivity index (χ4v) is 0.741. The minimum absolute atomic E-state index is 0.174. The lowest BCUT2D eigenvalue weighted by atomic mass is 10.5. The van der Waals surface area contributed by atoms with Crippen LogP contribution in [0.25, 0.3) is 0 Å². The maximum Gasteiger partial charge on any atom is 0.104 e. The maximum atomic E-state index is 11.4. The molecule has 2 atom stereocenters. The van der Waals surface area contributed by atoms with E-state index < -0.39 is 23.0 Å². The van der Waals surface area contributed by atoms with Crippen LogP contribution in [-0.2, 0) is 11.1 Å². The van der Waals surface area contributed by atoms with E-state index >= 15 is 0 Å². The van der Waals surface area contributed by atoms with Crippen molar-refractivity contribution in [3.8, 4) is 0 Å². The Hall–Kier alpha value is 0.330. The van der Waals surface area contributed by atoms with Crippen LogP contribution in [0, 0.1) is 0 Å². The second kappa shape index (κ2) is 4.23. The van der Waals surface area contributed by atoms with E-state index in [1.807, 2.05) is 0 Å². The van der Waals surface area contributed by atoms with Crippen LogP contribution in [0.1, 0.15) is 0 Å². The first kappa shape index (κ1) is 8.33. The Bertz CT molecular complexity index is 85.4. The van der Waals surface area contributed by atoms with Crippen molar-refractivity contribution in [3.05, 3.63) is 0 Å². The molecule has 50 valence electrons. The third-order valence-corrected chi connectivity index (χ3v) is 2.01. The summed E-state index contributed by atoms with van der Waals surface area (Å²) >= 11 is 2.67. The van der Waals surface area contributed by atoms with Crippen LogP contribution in [0.4, 0.5) is 4.39 Å². The lowest BCUT2D eigenvalue weighted by molar-refractivity contribution is 0.462. The smallest absolute Gasteiger partial charge is 0.104 e. The Morgan fingerprint density at radius 1 is 1.88 bits per heavy atom. The Labute approximate surface area is 54.3 Å². The molecule has 0 N–H and O–H groups in total. The van der Waals surface area contributed by atoms with Crippen LogP contribution >= 0.6 is 11.6 Å². The van der Waals surface area contributed by atoms with E-state index in [1.54, 1.807) is 0 Å². The first-order chi connectivity index (χ1) is 3.72. The summed E-state index contributed by atoms with van der Waals surface area (Å²) in [7, 11) is 0. The second-order valence-electron chi connectivity index (χ2n) is 1.19. The van der Waals surface area contributed by atoms with Gasteiger partial charge in [-0.05, 0) is 11.1 Å². The summed E-state index contributed by atoms with van der Waals surface area (Å²) in [6.07, 6.45) is 0. The summed E-state index contributed by atoms with van der Waals surface area (Å²) in [5.41, 5.74) is 0. The van der Waals surface area contributed by atoms with Gasteiger partial charge in [0.1, 0.15) is 6.67 Å². The summed E-state index contributed by atoms with van der Waals surface area (Å²) in [5.74, 6) is -0.174.